The molecule has 1 aromatic carbocycles. The topological polar surface area (TPSA) is 51.7 Å². The Morgan fingerprint density at radius 2 is 2.17 bits per heavy atom. The van der Waals surface area contributed by atoms with Crippen molar-refractivity contribution >= 4 is 5.91 Å². The maximum absolute atomic E-state index is 12.9. The molecule has 0 aliphatic carbocycles. The van der Waals surface area contributed by atoms with E-state index in [1.165, 1.54) is 0 Å². The molecule has 0 bridgehead atoms. The average molecular weight is 326 g/mol. The summed E-state index contributed by atoms with van der Waals surface area (Å²) < 4.78 is 10.8. The Hall–Kier alpha value is -2.40. The van der Waals surface area contributed by atoms with Gasteiger partial charge in [0.15, 0.2) is 0 Å². The maximum atomic E-state index is 12.9. The normalized spacial score (nSPS) is 16.8. The van der Waals surface area contributed by atoms with Crippen LogP contribution in [0.15, 0.2) is 48.8 Å². The molecule has 0 spiro atoms. The van der Waals surface area contributed by atoms with Gasteiger partial charge in [0.25, 0.3) is 0 Å². The third-order valence-electron chi connectivity index (χ3n) is 4.24. The molecule has 1 aliphatic rings. The second-order valence-electron chi connectivity index (χ2n) is 5.93. The minimum atomic E-state index is -0.0589. The maximum Gasteiger partial charge on any atom is 0.228 e. The van der Waals surface area contributed by atoms with Crippen molar-refractivity contribution < 1.29 is 14.3 Å². The van der Waals surface area contributed by atoms with Crippen LogP contribution in [0.1, 0.15) is 17.5 Å². The first-order valence-electron chi connectivity index (χ1n) is 8.15. The molecule has 5 nitrogen and oxygen atoms in total. The first kappa shape index (κ1) is 16.5. The standard InChI is InChI=1S/C19H22N2O3/c1-23-18-7-3-2-6-16(18)13-21(12-15-5-4-9-20-11-15)19(22)17-8-10-24-14-17/h2-7,9,11,17H,8,10,12-14H2,1H3/t17-/m1/s1. The molecule has 0 radical (unpaired) electrons. The first-order valence-corrected chi connectivity index (χ1v) is 8.15. The number of methoxy groups -OCH3 is 1. The largest absolute Gasteiger partial charge is 0.496 e. The molecule has 0 N–H and O–H groups in total. The Morgan fingerprint density at radius 3 is 2.88 bits per heavy atom. The number of ether oxygens (including phenoxy) is 2. The summed E-state index contributed by atoms with van der Waals surface area (Å²) in [5.74, 6) is 0.864. The Balaban J connectivity index is 1.82. The van der Waals surface area contributed by atoms with E-state index in [1.807, 2.05) is 41.3 Å². The molecule has 126 valence electrons. The fraction of sp³-hybridized carbons (Fsp3) is 0.368. The number of carbonyl (C=O) groups is 1. The van der Waals surface area contributed by atoms with Crippen molar-refractivity contribution in [3.8, 4) is 5.75 Å². The smallest absolute Gasteiger partial charge is 0.228 e. The minimum absolute atomic E-state index is 0.0589. The summed E-state index contributed by atoms with van der Waals surface area (Å²) >= 11 is 0. The zero-order chi connectivity index (χ0) is 16.8. The summed E-state index contributed by atoms with van der Waals surface area (Å²) in [5, 5.41) is 0. The number of para-hydroxylation sites is 1. The fourth-order valence-corrected chi connectivity index (χ4v) is 2.95. The SMILES string of the molecule is COc1ccccc1CN(Cc1cccnc1)C(=O)[C@@H]1CCOC1. The number of rotatable bonds is 6. The van der Waals surface area contributed by atoms with Gasteiger partial charge in [-0.25, -0.2) is 0 Å². The molecule has 1 aromatic heterocycles. The average Bonchev–Trinajstić information content (AvgIpc) is 3.16. The molecule has 5 heteroatoms. The zero-order valence-electron chi connectivity index (χ0n) is 13.9. The van der Waals surface area contributed by atoms with Gasteiger partial charge < -0.3 is 14.4 Å². The lowest BCUT2D eigenvalue weighted by Crippen LogP contribution is -2.35. The molecule has 1 atom stereocenters. The van der Waals surface area contributed by atoms with E-state index < -0.39 is 0 Å². The summed E-state index contributed by atoms with van der Waals surface area (Å²) in [6.45, 7) is 2.20. The third-order valence-corrected chi connectivity index (χ3v) is 4.24. The van der Waals surface area contributed by atoms with E-state index in [0.717, 1.165) is 23.3 Å². The number of pyridine rings is 1. The summed E-state index contributed by atoms with van der Waals surface area (Å²) in [6.07, 6.45) is 4.32. The number of benzene rings is 1. The van der Waals surface area contributed by atoms with Gasteiger partial charge in [-0.1, -0.05) is 24.3 Å². The third kappa shape index (κ3) is 3.92. The predicted octanol–water partition coefficient (Wildman–Crippen LogP) is 2.66. The van der Waals surface area contributed by atoms with Crippen molar-refractivity contribution in [3.63, 3.8) is 0 Å². The molecule has 1 fully saturated rings. The van der Waals surface area contributed by atoms with E-state index in [2.05, 4.69) is 4.98 Å². The van der Waals surface area contributed by atoms with Gasteiger partial charge in [-0.3, -0.25) is 9.78 Å². The Labute approximate surface area is 142 Å². The van der Waals surface area contributed by atoms with Crippen molar-refractivity contribution in [2.75, 3.05) is 20.3 Å². The quantitative estimate of drug-likeness (QED) is 0.819. The lowest BCUT2D eigenvalue weighted by atomic mass is 10.1. The molecule has 2 heterocycles. The van der Waals surface area contributed by atoms with Crippen LogP contribution in [0, 0.1) is 5.92 Å². The van der Waals surface area contributed by atoms with Crippen LogP contribution in [0.2, 0.25) is 0 Å². The second-order valence-corrected chi connectivity index (χ2v) is 5.93. The van der Waals surface area contributed by atoms with Crippen LogP contribution in [0.4, 0.5) is 0 Å². The van der Waals surface area contributed by atoms with E-state index in [4.69, 9.17) is 9.47 Å². The van der Waals surface area contributed by atoms with Gasteiger partial charge in [0.2, 0.25) is 5.91 Å². The van der Waals surface area contributed by atoms with E-state index in [1.54, 1.807) is 19.5 Å². The number of carbonyl (C=O) groups excluding carboxylic acids is 1. The predicted molar refractivity (Wildman–Crippen MR) is 90.4 cm³/mol. The van der Waals surface area contributed by atoms with Gasteiger partial charge in [0, 0.05) is 37.7 Å². The van der Waals surface area contributed by atoms with Crippen molar-refractivity contribution in [2.24, 2.45) is 5.92 Å². The number of nitrogens with zero attached hydrogens (tertiary/aromatic N) is 2. The monoisotopic (exact) mass is 326 g/mol. The van der Waals surface area contributed by atoms with Crippen LogP contribution in [0.5, 0.6) is 5.75 Å². The fourth-order valence-electron chi connectivity index (χ4n) is 2.95. The van der Waals surface area contributed by atoms with E-state index >= 15 is 0 Å². The molecule has 1 aliphatic heterocycles. The molecular weight excluding hydrogens is 304 g/mol. The van der Waals surface area contributed by atoms with Gasteiger partial charge in [0.1, 0.15) is 5.75 Å². The highest BCUT2D eigenvalue weighted by molar-refractivity contribution is 5.79. The zero-order valence-corrected chi connectivity index (χ0v) is 13.9. The van der Waals surface area contributed by atoms with Crippen molar-refractivity contribution in [3.05, 3.63) is 59.9 Å². The number of aromatic nitrogens is 1. The van der Waals surface area contributed by atoms with Gasteiger partial charge >= 0.3 is 0 Å². The van der Waals surface area contributed by atoms with Crippen LogP contribution >= 0.6 is 0 Å². The molecule has 24 heavy (non-hydrogen) atoms. The van der Waals surface area contributed by atoms with E-state index in [0.29, 0.717) is 26.3 Å². The number of amides is 1. The second kappa shape index (κ2) is 7.93. The number of hydrogen-bond donors (Lipinski definition) is 0. The minimum Gasteiger partial charge on any atom is -0.496 e. The highest BCUT2D eigenvalue weighted by Crippen LogP contribution is 2.23. The molecule has 1 amide bonds. The van der Waals surface area contributed by atoms with Crippen LogP contribution < -0.4 is 4.74 Å². The Bertz CT molecular complexity index is 669. The molecule has 2 aromatic rings. The highest BCUT2D eigenvalue weighted by Gasteiger charge is 2.28. The van der Waals surface area contributed by atoms with Gasteiger partial charge in [-0.05, 0) is 24.1 Å². The molecule has 3 rings (SSSR count). The molecule has 1 saturated heterocycles. The van der Waals surface area contributed by atoms with Crippen molar-refractivity contribution in [1.82, 2.24) is 9.88 Å². The van der Waals surface area contributed by atoms with E-state index in [9.17, 15) is 4.79 Å². The molecule has 0 saturated carbocycles. The van der Waals surface area contributed by atoms with Gasteiger partial charge in [0.05, 0.1) is 19.6 Å². The lowest BCUT2D eigenvalue weighted by molar-refractivity contribution is -0.136. The summed E-state index contributed by atoms with van der Waals surface area (Å²) in [6, 6.07) is 11.7. The summed E-state index contributed by atoms with van der Waals surface area (Å²) in [7, 11) is 1.65. The molecule has 0 unspecified atom stereocenters. The summed E-state index contributed by atoms with van der Waals surface area (Å²) in [4.78, 5) is 19.0. The van der Waals surface area contributed by atoms with Crippen molar-refractivity contribution in [1.29, 1.82) is 0 Å². The first-order chi connectivity index (χ1) is 11.8. The van der Waals surface area contributed by atoms with Gasteiger partial charge in [-0.15, -0.1) is 0 Å². The Morgan fingerprint density at radius 1 is 1.29 bits per heavy atom. The van der Waals surface area contributed by atoms with Crippen LogP contribution in [0.25, 0.3) is 0 Å². The Kier molecular flexibility index (Phi) is 5.43. The van der Waals surface area contributed by atoms with Crippen molar-refractivity contribution in [2.45, 2.75) is 19.5 Å². The van der Waals surface area contributed by atoms with Crippen LogP contribution in [-0.2, 0) is 22.6 Å². The highest BCUT2D eigenvalue weighted by atomic mass is 16.5. The molecular formula is C19H22N2O3. The van der Waals surface area contributed by atoms with E-state index in [-0.39, 0.29) is 11.8 Å². The van der Waals surface area contributed by atoms with Crippen LogP contribution in [-0.4, -0.2) is 36.1 Å². The lowest BCUT2D eigenvalue weighted by Gasteiger charge is -2.26. The summed E-state index contributed by atoms with van der Waals surface area (Å²) in [5.41, 5.74) is 2.01. The van der Waals surface area contributed by atoms with Crippen LogP contribution in [0.3, 0.4) is 0 Å². The number of hydrogen-bond acceptors (Lipinski definition) is 4. The van der Waals surface area contributed by atoms with Gasteiger partial charge in [-0.2, -0.15) is 0 Å².